The van der Waals surface area contributed by atoms with Crippen LogP contribution in [0.3, 0.4) is 0 Å². The first kappa shape index (κ1) is 13.1. The smallest absolute Gasteiger partial charge is 0.167 e. The lowest BCUT2D eigenvalue weighted by atomic mass is 10.1. The summed E-state index contributed by atoms with van der Waals surface area (Å²) in [7, 11) is 1.80. The van der Waals surface area contributed by atoms with Crippen LogP contribution in [0.4, 0.5) is 10.1 Å². The third-order valence-electron chi connectivity index (χ3n) is 3.08. The molecule has 100 valence electrons. The number of nitrogen functional groups attached to an aromatic ring is 1. The Morgan fingerprint density at radius 3 is 2.89 bits per heavy atom. The van der Waals surface area contributed by atoms with Crippen LogP contribution in [0, 0.1) is 11.7 Å². The third kappa shape index (κ3) is 2.73. The van der Waals surface area contributed by atoms with E-state index in [2.05, 4.69) is 5.32 Å². The molecular weight excluding hydrogens is 235 g/mol. The van der Waals surface area contributed by atoms with Crippen molar-refractivity contribution in [1.82, 2.24) is 5.32 Å². The van der Waals surface area contributed by atoms with Crippen LogP contribution >= 0.6 is 0 Å². The van der Waals surface area contributed by atoms with Crippen LogP contribution in [0.2, 0.25) is 0 Å². The molecule has 0 amide bonds. The van der Waals surface area contributed by atoms with E-state index in [1.807, 2.05) is 6.92 Å². The molecule has 0 aliphatic carbocycles. The van der Waals surface area contributed by atoms with E-state index in [1.165, 1.54) is 6.07 Å². The second-order valence-electron chi connectivity index (χ2n) is 4.69. The van der Waals surface area contributed by atoms with Gasteiger partial charge in [0.15, 0.2) is 11.6 Å². The molecule has 1 aliphatic rings. The Morgan fingerprint density at radius 2 is 2.28 bits per heavy atom. The van der Waals surface area contributed by atoms with E-state index >= 15 is 0 Å². The van der Waals surface area contributed by atoms with Gasteiger partial charge in [0.25, 0.3) is 0 Å². The molecule has 2 rings (SSSR count). The second-order valence-corrected chi connectivity index (χ2v) is 4.69. The highest BCUT2D eigenvalue weighted by Crippen LogP contribution is 2.29. The molecule has 2 atom stereocenters. The number of hydrogen-bond donors (Lipinski definition) is 2. The van der Waals surface area contributed by atoms with Crippen molar-refractivity contribution in [2.45, 2.75) is 19.6 Å². The Morgan fingerprint density at radius 1 is 1.50 bits per heavy atom. The van der Waals surface area contributed by atoms with Crippen molar-refractivity contribution in [3.63, 3.8) is 0 Å². The summed E-state index contributed by atoms with van der Waals surface area (Å²) in [5.41, 5.74) is 6.78. The Bertz CT molecular complexity index is 426. The van der Waals surface area contributed by atoms with Gasteiger partial charge >= 0.3 is 0 Å². The molecule has 1 aromatic carbocycles. The first-order valence-corrected chi connectivity index (χ1v) is 6.08. The number of halogens is 1. The Labute approximate surface area is 106 Å². The van der Waals surface area contributed by atoms with E-state index in [4.69, 9.17) is 15.2 Å². The summed E-state index contributed by atoms with van der Waals surface area (Å²) in [4.78, 5) is 0. The first-order chi connectivity index (χ1) is 8.61. The number of anilines is 1. The maximum Gasteiger partial charge on any atom is 0.167 e. The van der Waals surface area contributed by atoms with Gasteiger partial charge in [-0.3, -0.25) is 0 Å². The number of rotatable bonds is 4. The molecule has 1 saturated heterocycles. The van der Waals surface area contributed by atoms with Gasteiger partial charge in [0.05, 0.1) is 13.2 Å². The van der Waals surface area contributed by atoms with E-state index in [0.717, 1.165) is 5.56 Å². The highest BCUT2D eigenvalue weighted by atomic mass is 19.1. The maximum atomic E-state index is 13.9. The van der Waals surface area contributed by atoms with Gasteiger partial charge in [-0.25, -0.2) is 4.39 Å². The Hall–Kier alpha value is -1.33. The molecule has 1 aromatic rings. The van der Waals surface area contributed by atoms with Gasteiger partial charge in [-0.05, 0) is 13.1 Å². The van der Waals surface area contributed by atoms with Crippen LogP contribution in [0.1, 0.15) is 12.5 Å². The monoisotopic (exact) mass is 254 g/mol. The largest absolute Gasteiger partial charge is 0.484 e. The summed E-state index contributed by atoms with van der Waals surface area (Å²) in [6.07, 6.45) is -0.0984. The van der Waals surface area contributed by atoms with Crippen molar-refractivity contribution in [2.24, 2.45) is 5.92 Å². The summed E-state index contributed by atoms with van der Waals surface area (Å²) in [5, 5.41) is 2.98. The van der Waals surface area contributed by atoms with Crippen LogP contribution < -0.4 is 15.8 Å². The number of hydrogen-bond acceptors (Lipinski definition) is 4. The average Bonchev–Trinajstić information content (AvgIpc) is 2.69. The molecule has 0 bridgehead atoms. The van der Waals surface area contributed by atoms with Gasteiger partial charge in [0.1, 0.15) is 6.10 Å². The molecule has 0 radical (unpaired) electrons. The third-order valence-corrected chi connectivity index (χ3v) is 3.08. The molecule has 0 aromatic heterocycles. The SMILES string of the molecule is CNCc1cc(N)cc(F)c1O[C@@H]1COC[C@@H]1C. The summed E-state index contributed by atoms with van der Waals surface area (Å²) >= 11 is 0. The van der Waals surface area contributed by atoms with Gasteiger partial charge in [-0.1, -0.05) is 6.92 Å². The molecular formula is C13H19FN2O2. The molecule has 0 saturated carbocycles. The van der Waals surface area contributed by atoms with Crippen LogP contribution in [0.5, 0.6) is 5.75 Å². The van der Waals surface area contributed by atoms with Gasteiger partial charge in [0, 0.05) is 29.8 Å². The van der Waals surface area contributed by atoms with Crippen molar-refractivity contribution in [2.75, 3.05) is 26.0 Å². The summed E-state index contributed by atoms with van der Waals surface area (Å²) in [5.74, 6) is 0.129. The predicted molar refractivity (Wildman–Crippen MR) is 68.0 cm³/mol. The molecule has 0 unspecified atom stereocenters. The highest BCUT2D eigenvalue weighted by molar-refractivity contribution is 5.49. The van der Waals surface area contributed by atoms with E-state index in [0.29, 0.717) is 25.4 Å². The molecule has 1 fully saturated rings. The summed E-state index contributed by atoms with van der Waals surface area (Å²) in [6, 6.07) is 3.02. The standard InChI is InChI=1S/C13H19FN2O2/c1-8-6-17-7-12(8)18-13-9(5-16-2)3-10(15)4-11(13)14/h3-4,8,12,16H,5-7,15H2,1-2H3/t8-,12+/m0/s1. The minimum Gasteiger partial charge on any atom is -0.484 e. The van der Waals surface area contributed by atoms with Gasteiger partial charge in [0.2, 0.25) is 0 Å². The van der Waals surface area contributed by atoms with Crippen molar-refractivity contribution in [3.05, 3.63) is 23.5 Å². The first-order valence-electron chi connectivity index (χ1n) is 6.08. The lowest BCUT2D eigenvalue weighted by Crippen LogP contribution is -2.25. The van der Waals surface area contributed by atoms with Crippen molar-refractivity contribution in [1.29, 1.82) is 0 Å². The van der Waals surface area contributed by atoms with Gasteiger partial charge in [-0.2, -0.15) is 0 Å². The Kier molecular flexibility index (Phi) is 4.04. The number of ether oxygens (including phenoxy) is 2. The van der Waals surface area contributed by atoms with E-state index < -0.39 is 5.82 Å². The highest BCUT2D eigenvalue weighted by Gasteiger charge is 2.27. The Balaban J connectivity index is 2.24. The van der Waals surface area contributed by atoms with E-state index in [9.17, 15) is 4.39 Å². The van der Waals surface area contributed by atoms with Crippen LogP contribution in [-0.2, 0) is 11.3 Å². The van der Waals surface area contributed by atoms with Crippen LogP contribution in [-0.4, -0.2) is 26.4 Å². The number of benzene rings is 1. The fourth-order valence-corrected chi connectivity index (χ4v) is 2.07. The second kappa shape index (κ2) is 5.54. The molecule has 5 heteroatoms. The zero-order chi connectivity index (χ0) is 13.1. The molecule has 18 heavy (non-hydrogen) atoms. The topological polar surface area (TPSA) is 56.5 Å². The summed E-state index contributed by atoms with van der Waals surface area (Å²) < 4.78 is 25.0. The minimum absolute atomic E-state index is 0.0984. The van der Waals surface area contributed by atoms with Gasteiger partial charge in [-0.15, -0.1) is 0 Å². The molecule has 1 aliphatic heterocycles. The van der Waals surface area contributed by atoms with Crippen molar-refractivity contribution < 1.29 is 13.9 Å². The summed E-state index contributed by atoms with van der Waals surface area (Å²) in [6.45, 7) is 3.70. The average molecular weight is 254 g/mol. The van der Waals surface area contributed by atoms with Crippen molar-refractivity contribution in [3.8, 4) is 5.75 Å². The zero-order valence-corrected chi connectivity index (χ0v) is 10.7. The fraction of sp³-hybridized carbons (Fsp3) is 0.538. The van der Waals surface area contributed by atoms with Gasteiger partial charge < -0.3 is 20.5 Å². The van der Waals surface area contributed by atoms with Crippen LogP contribution in [0.25, 0.3) is 0 Å². The molecule has 1 heterocycles. The number of nitrogens with one attached hydrogen (secondary N) is 1. The molecule has 4 nitrogen and oxygen atoms in total. The predicted octanol–water partition coefficient (Wildman–Crippen LogP) is 1.54. The lowest BCUT2D eigenvalue weighted by Gasteiger charge is -2.19. The van der Waals surface area contributed by atoms with E-state index in [1.54, 1.807) is 13.1 Å². The number of nitrogens with two attached hydrogens (primary N) is 1. The van der Waals surface area contributed by atoms with E-state index in [-0.39, 0.29) is 17.8 Å². The maximum absolute atomic E-state index is 13.9. The lowest BCUT2D eigenvalue weighted by molar-refractivity contribution is 0.133. The molecule has 0 spiro atoms. The zero-order valence-electron chi connectivity index (χ0n) is 10.7. The molecule has 3 N–H and O–H groups in total. The van der Waals surface area contributed by atoms with Crippen LogP contribution in [0.15, 0.2) is 12.1 Å². The minimum atomic E-state index is -0.417. The van der Waals surface area contributed by atoms with Crippen molar-refractivity contribution >= 4 is 5.69 Å². The fourth-order valence-electron chi connectivity index (χ4n) is 2.07. The normalized spacial score (nSPS) is 23.3. The quantitative estimate of drug-likeness (QED) is 0.800.